The van der Waals surface area contributed by atoms with Crippen LogP contribution in [0.15, 0.2) is 24.3 Å². The molecule has 0 bridgehead atoms. The summed E-state index contributed by atoms with van der Waals surface area (Å²) in [5, 5.41) is 8.31. The van der Waals surface area contributed by atoms with Crippen molar-refractivity contribution in [2.24, 2.45) is 0 Å². The molecule has 0 fully saturated rings. The average molecular weight is 257 g/mol. The number of rotatable bonds is 4. The van der Waals surface area contributed by atoms with Gasteiger partial charge in [0.05, 0.1) is 0 Å². The van der Waals surface area contributed by atoms with Gasteiger partial charge in [0, 0.05) is 0 Å². The van der Waals surface area contributed by atoms with Gasteiger partial charge in [0.15, 0.2) is 0 Å². The number of hydrogen-bond donors (Lipinski definition) is 1. The molecule has 14 heavy (non-hydrogen) atoms. The van der Waals surface area contributed by atoms with Gasteiger partial charge in [0.1, 0.15) is 0 Å². The van der Waals surface area contributed by atoms with E-state index in [0.717, 1.165) is 5.56 Å². The Morgan fingerprint density at radius 1 is 1.43 bits per heavy atom. The van der Waals surface area contributed by atoms with E-state index >= 15 is 0 Å². The zero-order valence-electron chi connectivity index (χ0n) is 7.64. The van der Waals surface area contributed by atoms with Crippen LogP contribution in [-0.4, -0.2) is 32.6 Å². The topological polar surface area (TPSA) is 63.6 Å². The molecule has 1 unspecified atom stereocenters. The molecule has 1 rings (SSSR count). The van der Waals surface area contributed by atoms with Crippen LogP contribution in [-0.2, 0) is 12.3 Å². The van der Waals surface area contributed by atoms with Crippen LogP contribution in [0.1, 0.15) is 5.56 Å². The summed E-state index contributed by atoms with van der Waals surface area (Å²) in [6.07, 6.45) is 0. The predicted molar refractivity (Wildman–Crippen MR) is 50.8 cm³/mol. The van der Waals surface area contributed by atoms with E-state index in [9.17, 15) is 8.53 Å². The Morgan fingerprint density at radius 2 is 2.00 bits per heavy atom. The standard InChI is InChI=1S/C9H10AsO4/c1-7-2-4-8(5-3-7)10(13)14-6-9(11)12/h2-5H,6H2,1H3,(H,11,12). The summed E-state index contributed by atoms with van der Waals surface area (Å²) in [6.45, 7) is 1.42. The summed E-state index contributed by atoms with van der Waals surface area (Å²) in [4.78, 5) is 10.1. The summed E-state index contributed by atoms with van der Waals surface area (Å²) >= 11 is -2.84. The van der Waals surface area contributed by atoms with Gasteiger partial charge in [-0.15, -0.1) is 0 Å². The minimum atomic E-state index is -2.84. The maximum absolute atomic E-state index is 11.4. The molecule has 4 nitrogen and oxygen atoms in total. The van der Waals surface area contributed by atoms with Crippen molar-refractivity contribution in [3.63, 3.8) is 0 Å². The Bertz CT molecular complexity index is 344. The molecule has 5 heteroatoms. The third-order valence-electron chi connectivity index (χ3n) is 1.55. The SMILES string of the molecule is Cc1ccc([As](=O)OCC(=O)O)cc1. The zero-order valence-corrected chi connectivity index (χ0v) is 9.51. The van der Waals surface area contributed by atoms with Crippen LogP contribution in [0, 0.1) is 6.92 Å². The second-order valence-corrected chi connectivity index (χ2v) is 5.46. The van der Waals surface area contributed by atoms with Crippen LogP contribution in [0.2, 0.25) is 0 Å². The Morgan fingerprint density at radius 3 is 2.50 bits per heavy atom. The first-order chi connectivity index (χ1) is 6.59. The second-order valence-electron chi connectivity index (χ2n) is 2.76. The summed E-state index contributed by atoms with van der Waals surface area (Å²) in [7, 11) is 0. The molecule has 0 aliphatic carbocycles. The Kier molecular flexibility index (Phi) is 3.98. The number of carboxylic acid groups (broad SMARTS) is 1. The quantitative estimate of drug-likeness (QED) is 0.784. The Labute approximate surface area is 86.3 Å². The summed E-state index contributed by atoms with van der Waals surface area (Å²) in [6, 6.07) is 7.03. The third-order valence-corrected chi connectivity index (χ3v) is 3.82. The van der Waals surface area contributed by atoms with Crippen molar-refractivity contribution >= 4 is 25.3 Å². The fourth-order valence-corrected chi connectivity index (χ4v) is 2.47. The van der Waals surface area contributed by atoms with Gasteiger partial charge in [-0.25, -0.2) is 0 Å². The molecule has 0 heterocycles. The number of hydrogen-bond acceptors (Lipinski definition) is 3. The van der Waals surface area contributed by atoms with E-state index in [4.69, 9.17) is 8.83 Å². The van der Waals surface area contributed by atoms with Crippen LogP contribution in [0.25, 0.3) is 0 Å². The van der Waals surface area contributed by atoms with Gasteiger partial charge in [-0.2, -0.15) is 0 Å². The first kappa shape index (κ1) is 11.1. The first-order valence-corrected chi connectivity index (χ1v) is 6.45. The molecule has 0 spiro atoms. The van der Waals surface area contributed by atoms with Crippen LogP contribution in [0.4, 0.5) is 0 Å². The van der Waals surface area contributed by atoms with E-state index in [1.807, 2.05) is 19.1 Å². The number of carboxylic acids is 1. The van der Waals surface area contributed by atoms with Crippen molar-refractivity contribution in [2.75, 3.05) is 6.61 Å². The van der Waals surface area contributed by atoms with Crippen molar-refractivity contribution in [3.05, 3.63) is 29.8 Å². The zero-order chi connectivity index (χ0) is 10.6. The molecule has 0 aliphatic rings. The minimum absolute atomic E-state index is 0.503. The molecule has 0 saturated heterocycles. The average Bonchev–Trinajstić information content (AvgIpc) is 2.15. The molecule has 0 saturated carbocycles. The van der Waals surface area contributed by atoms with E-state index in [1.165, 1.54) is 0 Å². The summed E-state index contributed by atoms with van der Waals surface area (Å²) < 4.78 is 16.7. The molecule has 1 atom stereocenters. The van der Waals surface area contributed by atoms with Crippen LogP contribution >= 0.6 is 0 Å². The van der Waals surface area contributed by atoms with E-state index in [1.54, 1.807) is 12.1 Å². The maximum atomic E-state index is 11.4. The molecule has 0 aromatic heterocycles. The Hall–Kier alpha value is -0.992. The van der Waals surface area contributed by atoms with Crippen molar-refractivity contribution in [2.45, 2.75) is 6.92 Å². The molecular formula is C9H10AsO4. The predicted octanol–water partition coefficient (Wildman–Crippen LogP) is 0.222. The van der Waals surface area contributed by atoms with E-state index in [2.05, 4.69) is 0 Å². The molecule has 0 amide bonds. The third kappa shape index (κ3) is 3.40. The molecule has 1 aromatic rings. The van der Waals surface area contributed by atoms with Gasteiger partial charge in [0.2, 0.25) is 0 Å². The van der Waals surface area contributed by atoms with Gasteiger partial charge >= 0.3 is 86.0 Å². The monoisotopic (exact) mass is 257 g/mol. The molecule has 1 N–H and O–H groups in total. The normalized spacial score (nSPS) is 11.1. The van der Waals surface area contributed by atoms with Crippen molar-refractivity contribution < 1.29 is 17.4 Å². The number of aryl methyl sites for hydroxylation is 1. The van der Waals surface area contributed by atoms with Gasteiger partial charge in [-0.1, -0.05) is 0 Å². The Balaban J connectivity index is 2.61. The van der Waals surface area contributed by atoms with Crippen LogP contribution in [0.3, 0.4) is 0 Å². The molecule has 75 valence electrons. The van der Waals surface area contributed by atoms with Crippen molar-refractivity contribution in [1.29, 1.82) is 0 Å². The number of benzene rings is 1. The van der Waals surface area contributed by atoms with Gasteiger partial charge in [0.25, 0.3) is 0 Å². The first-order valence-electron chi connectivity index (χ1n) is 3.98. The van der Waals surface area contributed by atoms with Gasteiger partial charge in [-0.05, 0) is 0 Å². The van der Waals surface area contributed by atoms with Crippen molar-refractivity contribution in [3.8, 4) is 0 Å². The fraction of sp³-hybridized carbons (Fsp3) is 0.222. The van der Waals surface area contributed by atoms with Crippen molar-refractivity contribution in [1.82, 2.24) is 0 Å². The van der Waals surface area contributed by atoms with E-state index in [-0.39, 0.29) is 0 Å². The molecule has 0 aliphatic heterocycles. The summed E-state index contributed by atoms with van der Waals surface area (Å²) in [5.74, 6) is -1.10. The van der Waals surface area contributed by atoms with Crippen LogP contribution in [0.5, 0.6) is 0 Å². The van der Waals surface area contributed by atoms with Crippen LogP contribution < -0.4 is 4.35 Å². The second kappa shape index (κ2) is 5.03. The molecular weight excluding hydrogens is 247 g/mol. The fourth-order valence-electron chi connectivity index (χ4n) is 0.855. The summed E-state index contributed by atoms with van der Waals surface area (Å²) in [5.41, 5.74) is 1.06. The molecule has 1 aromatic carbocycles. The number of aliphatic carboxylic acids is 1. The van der Waals surface area contributed by atoms with Gasteiger partial charge < -0.3 is 0 Å². The van der Waals surface area contributed by atoms with Gasteiger partial charge in [-0.3, -0.25) is 0 Å². The molecule has 1 radical (unpaired) electrons. The number of carbonyl (C=O) groups is 1. The van der Waals surface area contributed by atoms with E-state index < -0.39 is 27.5 Å². The van der Waals surface area contributed by atoms with E-state index in [0.29, 0.717) is 4.35 Å².